The van der Waals surface area contributed by atoms with Gasteiger partial charge in [-0.2, -0.15) is 13.2 Å². The highest BCUT2D eigenvalue weighted by Gasteiger charge is 2.46. The molecular weight excluding hydrogens is 271 g/mol. The van der Waals surface area contributed by atoms with E-state index in [-0.39, 0.29) is 6.42 Å². The summed E-state index contributed by atoms with van der Waals surface area (Å²) < 4.78 is 59.6. The maximum atomic E-state index is 12.1. The second kappa shape index (κ2) is 5.68. The van der Waals surface area contributed by atoms with Crippen LogP contribution in [0.4, 0.5) is 13.2 Å². The first-order chi connectivity index (χ1) is 8.26. The Morgan fingerprint density at radius 1 is 1.22 bits per heavy atom. The second-order valence-electron chi connectivity index (χ2n) is 3.64. The van der Waals surface area contributed by atoms with Gasteiger partial charge in [0.05, 0.1) is 6.61 Å². The topological polar surface area (TPSA) is 66.4 Å². The van der Waals surface area contributed by atoms with Gasteiger partial charge < -0.3 is 5.11 Å². The molecule has 0 amide bonds. The molecule has 0 aliphatic heterocycles. The molecule has 0 radical (unpaired) electrons. The van der Waals surface area contributed by atoms with Crippen LogP contribution in [0.1, 0.15) is 5.56 Å². The number of aliphatic hydroxyl groups excluding tert-OH is 1. The molecule has 1 unspecified atom stereocenters. The van der Waals surface area contributed by atoms with Crippen molar-refractivity contribution in [1.29, 1.82) is 0 Å². The van der Waals surface area contributed by atoms with E-state index in [1.54, 1.807) is 30.3 Å². The molecule has 1 aromatic carbocycles. The number of rotatable bonds is 5. The van der Waals surface area contributed by atoms with E-state index in [0.29, 0.717) is 5.56 Å². The molecule has 1 aromatic rings. The molecule has 0 saturated heterocycles. The molecule has 0 fully saturated rings. The summed E-state index contributed by atoms with van der Waals surface area (Å²) in [4.78, 5) is 0. The molecule has 1 atom stereocenters. The summed E-state index contributed by atoms with van der Waals surface area (Å²) in [6, 6.07) is 7.11. The molecule has 0 bridgehead atoms. The fourth-order valence-corrected chi connectivity index (χ4v) is 2.06. The predicted molar refractivity (Wildman–Crippen MR) is 59.1 cm³/mol. The Kier molecular flexibility index (Phi) is 4.71. The summed E-state index contributed by atoms with van der Waals surface area (Å²) in [6.07, 6.45) is -0.0212. The van der Waals surface area contributed by atoms with Crippen molar-refractivity contribution in [3.05, 3.63) is 35.9 Å². The monoisotopic (exact) mass is 283 g/mol. The van der Waals surface area contributed by atoms with Crippen LogP contribution in [0.3, 0.4) is 0 Å². The third kappa shape index (κ3) is 3.97. The van der Waals surface area contributed by atoms with Crippen molar-refractivity contribution in [2.24, 2.45) is 0 Å². The number of sulfonamides is 1. The summed E-state index contributed by atoms with van der Waals surface area (Å²) in [5.41, 5.74) is -4.75. The molecule has 0 aromatic heterocycles. The van der Waals surface area contributed by atoms with Crippen LogP contribution >= 0.6 is 0 Å². The van der Waals surface area contributed by atoms with Gasteiger partial charge in [-0.3, -0.25) is 0 Å². The number of nitrogens with one attached hydrogen (secondary N) is 1. The zero-order valence-corrected chi connectivity index (χ0v) is 10.0. The number of aliphatic hydroxyl groups is 1. The lowest BCUT2D eigenvalue weighted by molar-refractivity contribution is -0.0452. The van der Waals surface area contributed by atoms with Crippen molar-refractivity contribution < 1.29 is 26.7 Å². The molecule has 2 N–H and O–H groups in total. The van der Waals surface area contributed by atoms with E-state index < -0.39 is 28.2 Å². The summed E-state index contributed by atoms with van der Waals surface area (Å²) in [5.74, 6) is 0. The standard InChI is InChI=1S/C10H12F3NO3S/c11-10(12,13)18(16,17)14-9(7-15)6-8-4-2-1-3-5-8/h1-5,9,14-15H,6-7H2. The van der Waals surface area contributed by atoms with E-state index in [4.69, 9.17) is 5.11 Å². The average Bonchev–Trinajstić information content (AvgIpc) is 2.27. The van der Waals surface area contributed by atoms with E-state index >= 15 is 0 Å². The second-order valence-corrected chi connectivity index (χ2v) is 5.34. The summed E-state index contributed by atoms with van der Waals surface area (Å²) in [5, 5.41) is 8.92. The van der Waals surface area contributed by atoms with Crippen LogP contribution in [0.15, 0.2) is 30.3 Å². The minimum atomic E-state index is -5.44. The zero-order chi connectivity index (χ0) is 13.8. The average molecular weight is 283 g/mol. The van der Waals surface area contributed by atoms with E-state index in [9.17, 15) is 21.6 Å². The molecule has 0 aliphatic rings. The number of hydrogen-bond donors (Lipinski definition) is 2. The van der Waals surface area contributed by atoms with Gasteiger partial charge in [-0.1, -0.05) is 30.3 Å². The normalized spacial score (nSPS) is 14.4. The molecule has 102 valence electrons. The van der Waals surface area contributed by atoms with E-state index in [2.05, 4.69) is 0 Å². The fraction of sp³-hybridized carbons (Fsp3) is 0.400. The molecule has 8 heteroatoms. The predicted octanol–water partition coefficient (Wildman–Crippen LogP) is 1.03. The highest BCUT2D eigenvalue weighted by molar-refractivity contribution is 7.90. The zero-order valence-electron chi connectivity index (χ0n) is 9.18. The van der Waals surface area contributed by atoms with Crippen LogP contribution in [-0.2, 0) is 16.4 Å². The Bertz CT molecular complexity index is 473. The van der Waals surface area contributed by atoms with Gasteiger partial charge in [-0.25, -0.2) is 13.1 Å². The minimum Gasteiger partial charge on any atom is -0.395 e. The molecule has 0 spiro atoms. The lowest BCUT2D eigenvalue weighted by Crippen LogP contribution is -2.45. The van der Waals surface area contributed by atoms with Crippen molar-refractivity contribution in [1.82, 2.24) is 4.72 Å². The first-order valence-corrected chi connectivity index (χ1v) is 6.48. The Morgan fingerprint density at radius 3 is 2.22 bits per heavy atom. The van der Waals surface area contributed by atoms with Crippen molar-refractivity contribution in [3.8, 4) is 0 Å². The Balaban J connectivity index is 2.75. The van der Waals surface area contributed by atoms with Gasteiger partial charge in [0.15, 0.2) is 0 Å². The smallest absolute Gasteiger partial charge is 0.395 e. The molecule has 4 nitrogen and oxygen atoms in total. The summed E-state index contributed by atoms with van der Waals surface area (Å²) >= 11 is 0. The van der Waals surface area contributed by atoms with Crippen molar-refractivity contribution >= 4 is 10.0 Å². The summed E-state index contributed by atoms with van der Waals surface area (Å²) in [6.45, 7) is -0.718. The van der Waals surface area contributed by atoms with Crippen molar-refractivity contribution in [2.75, 3.05) is 6.61 Å². The third-order valence-electron chi connectivity index (χ3n) is 2.17. The van der Waals surface area contributed by atoms with Gasteiger partial charge in [-0.05, 0) is 12.0 Å². The first-order valence-electron chi connectivity index (χ1n) is 4.99. The maximum Gasteiger partial charge on any atom is 0.511 e. The fourth-order valence-electron chi connectivity index (χ4n) is 1.33. The number of benzene rings is 1. The number of halogens is 3. The van der Waals surface area contributed by atoms with Crippen LogP contribution in [0, 0.1) is 0 Å². The third-order valence-corrected chi connectivity index (χ3v) is 3.42. The Labute approximate surface area is 102 Å². The highest BCUT2D eigenvalue weighted by atomic mass is 32.2. The van der Waals surface area contributed by atoms with E-state index in [1.807, 2.05) is 0 Å². The van der Waals surface area contributed by atoms with Gasteiger partial charge in [-0.15, -0.1) is 0 Å². The molecule has 1 rings (SSSR count). The van der Waals surface area contributed by atoms with Crippen LogP contribution < -0.4 is 4.72 Å². The molecule has 0 heterocycles. The SMILES string of the molecule is O=S(=O)(NC(CO)Cc1ccccc1)C(F)(F)F. The molecule has 18 heavy (non-hydrogen) atoms. The van der Waals surface area contributed by atoms with Gasteiger partial charge in [0, 0.05) is 6.04 Å². The minimum absolute atomic E-state index is 0.0212. The largest absolute Gasteiger partial charge is 0.511 e. The van der Waals surface area contributed by atoms with Crippen LogP contribution in [-0.4, -0.2) is 31.7 Å². The molecule has 0 saturated carbocycles. The van der Waals surface area contributed by atoms with Crippen molar-refractivity contribution in [3.63, 3.8) is 0 Å². The summed E-state index contributed by atoms with van der Waals surface area (Å²) in [7, 11) is -5.44. The van der Waals surface area contributed by atoms with Crippen LogP contribution in [0.5, 0.6) is 0 Å². The van der Waals surface area contributed by atoms with E-state index in [0.717, 1.165) is 0 Å². The lowest BCUT2D eigenvalue weighted by atomic mass is 10.1. The van der Waals surface area contributed by atoms with Gasteiger partial charge in [0.1, 0.15) is 0 Å². The van der Waals surface area contributed by atoms with Gasteiger partial charge >= 0.3 is 15.5 Å². The lowest BCUT2D eigenvalue weighted by Gasteiger charge is -2.17. The van der Waals surface area contributed by atoms with E-state index in [1.165, 1.54) is 4.72 Å². The number of alkyl halides is 3. The first kappa shape index (κ1) is 14.9. The number of hydrogen-bond acceptors (Lipinski definition) is 3. The Hall–Kier alpha value is -1.12. The van der Waals surface area contributed by atoms with Crippen molar-refractivity contribution in [2.45, 2.75) is 18.0 Å². The Morgan fingerprint density at radius 2 is 1.78 bits per heavy atom. The molecular formula is C10H12F3NO3S. The highest BCUT2D eigenvalue weighted by Crippen LogP contribution is 2.22. The quantitative estimate of drug-likeness (QED) is 0.848. The van der Waals surface area contributed by atoms with Crippen LogP contribution in [0.2, 0.25) is 0 Å². The molecule has 0 aliphatic carbocycles. The van der Waals surface area contributed by atoms with Crippen LogP contribution in [0.25, 0.3) is 0 Å². The maximum absolute atomic E-state index is 12.1. The van der Waals surface area contributed by atoms with Gasteiger partial charge in [0.2, 0.25) is 0 Å². The van der Waals surface area contributed by atoms with Gasteiger partial charge in [0.25, 0.3) is 0 Å².